The summed E-state index contributed by atoms with van der Waals surface area (Å²) in [6.07, 6.45) is 7.19. The molecule has 0 bridgehead atoms. The molecule has 2 fully saturated rings. The van der Waals surface area contributed by atoms with Gasteiger partial charge < -0.3 is 15.2 Å². The molecule has 6 nitrogen and oxygen atoms in total. The quantitative estimate of drug-likeness (QED) is 0.401. The molecule has 3 rings (SSSR count). The molecule has 0 radical (unpaired) electrons. The summed E-state index contributed by atoms with van der Waals surface area (Å²) in [6.45, 7) is 1.30. The number of halogens is 1. The largest absolute Gasteiger partial charge is 0.357 e. The van der Waals surface area contributed by atoms with E-state index in [2.05, 4.69) is 27.9 Å². The molecule has 0 aromatic carbocycles. The van der Waals surface area contributed by atoms with Gasteiger partial charge in [-0.25, -0.2) is 13.4 Å². The lowest BCUT2D eigenvalue weighted by Crippen LogP contribution is -2.41. The molecule has 2 heterocycles. The Balaban J connectivity index is 0.00000192. The minimum absolute atomic E-state index is 0. The monoisotopic (exact) mass is 452 g/mol. The summed E-state index contributed by atoms with van der Waals surface area (Å²) in [5, 5.41) is 6.71. The van der Waals surface area contributed by atoms with E-state index >= 15 is 0 Å². The molecule has 1 aliphatic heterocycles. The number of sulfone groups is 1. The van der Waals surface area contributed by atoms with E-state index in [4.69, 9.17) is 0 Å². The van der Waals surface area contributed by atoms with Crippen molar-refractivity contribution < 1.29 is 8.42 Å². The van der Waals surface area contributed by atoms with Crippen molar-refractivity contribution in [2.75, 3.05) is 18.1 Å². The van der Waals surface area contributed by atoms with Gasteiger partial charge in [0.2, 0.25) is 0 Å². The maximum atomic E-state index is 11.5. The lowest BCUT2D eigenvalue weighted by molar-refractivity contribution is 0.566. The van der Waals surface area contributed by atoms with Crippen LogP contribution in [-0.2, 0) is 23.4 Å². The van der Waals surface area contributed by atoms with E-state index in [1.165, 1.54) is 18.4 Å². The van der Waals surface area contributed by atoms with Crippen molar-refractivity contribution in [2.24, 2.45) is 18.0 Å². The maximum Gasteiger partial charge on any atom is 0.191 e. The van der Waals surface area contributed by atoms with E-state index in [0.29, 0.717) is 30.6 Å². The van der Waals surface area contributed by atoms with Gasteiger partial charge in [0.15, 0.2) is 15.8 Å². The lowest BCUT2D eigenvalue weighted by atomic mass is 10.1. The van der Waals surface area contributed by atoms with Gasteiger partial charge in [-0.1, -0.05) is 0 Å². The summed E-state index contributed by atoms with van der Waals surface area (Å²) < 4.78 is 25.0. The predicted octanol–water partition coefficient (Wildman–Crippen LogP) is 1.28. The summed E-state index contributed by atoms with van der Waals surface area (Å²) >= 11 is 0. The van der Waals surface area contributed by atoms with Gasteiger partial charge >= 0.3 is 0 Å². The van der Waals surface area contributed by atoms with Gasteiger partial charge in [-0.05, 0) is 36.8 Å². The topological polar surface area (TPSA) is 75.5 Å². The Kier molecular flexibility index (Phi) is 6.35. The number of aryl methyl sites for hydroxylation is 1. The average molecular weight is 452 g/mol. The van der Waals surface area contributed by atoms with Crippen molar-refractivity contribution >= 4 is 39.8 Å². The number of nitrogens with zero attached hydrogens (tertiary/aromatic N) is 2. The number of hydrogen-bond donors (Lipinski definition) is 2. The summed E-state index contributed by atoms with van der Waals surface area (Å²) in [7, 11) is -0.814. The predicted molar refractivity (Wildman–Crippen MR) is 103 cm³/mol. The zero-order valence-corrected chi connectivity index (χ0v) is 16.5. The fraction of sp³-hybridized carbons (Fsp3) is 0.667. The van der Waals surface area contributed by atoms with Crippen molar-refractivity contribution in [1.82, 2.24) is 15.2 Å². The molecule has 130 valence electrons. The minimum Gasteiger partial charge on any atom is -0.357 e. The summed E-state index contributed by atoms with van der Waals surface area (Å²) in [4.78, 5) is 4.62. The molecule has 1 saturated carbocycles. The second kappa shape index (κ2) is 7.87. The van der Waals surface area contributed by atoms with E-state index in [1.54, 1.807) is 0 Å². The molecule has 0 spiro atoms. The molecule has 1 unspecified atom stereocenters. The molecular formula is C15H25IN4O2S. The molecule has 2 N–H and O–H groups in total. The van der Waals surface area contributed by atoms with Gasteiger partial charge in [0, 0.05) is 32.0 Å². The normalized spacial score (nSPS) is 23.3. The van der Waals surface area contributed by atoms with Crippen LogP contribution in [-0.4, -0.2) is 43.0 Å². The molecule has 1 atom stereocenters. The molecule has 23 heavy (non-hydrogen) atoms. The SMILES string of the molecule is Cn1ccc(CN=C(NCC2CCS(=O)(=O)C2)NC2CC2)c1.I. The first-order valence-electron chi connectivity index (χ1n) is 7.86. The number of aliphatic imine (C=N–C) groups is 1. The van der Waals surface area contributed by atoms with Gasteiger partial charge in [-0.15, -0.1) is 24.0 Å². The Morgan fingerprint density at radius 2 is 2.17 bits per heavy atom. The Labute approximate surface area is 155 Å². The zero-order valence-electron chi connectivity index (χ0n) is 13.4. The lowest BCUT2D eigenvalue weighted by Gasteiger charge is -2.14. The highest BCUT2D eigenvalue weighted by molar-refractivity contribution is 14.0. The van der Waals surface area contributed by atoms with Gasteiger partial charge in [0.25, 0.3) is 0 Å². The Hall–Kier alpha value is -0.770. The van der Waals surface area contributed by atoms with Crippen molar-refractivity contribution in [3.05, 3.63) is 24.0 Å². The van der Waals surface area contributed by atoms with Crippen LogP contribution < -0.4 is 10.6 Å². The number of guanidine groups is 1. The first kappa shape index (κ1) is 18.6. The summed E-state index contributed by atoms with van der Waals surface area (Å²) in [5.74, 6) is 1.63. The summed E-state index contributed by atoms with van der Waals surface area (Å²) in [5.41, 5.74) is 1.17. The average Bonchev–Trinajstić information content (AvgIpc) is 3.07. The van der Waals surface area contributed by atoms with Crippen molar-refractivity contribution in [3.8, 4) is 0 Å². The van der Waals surface area contributed by atoms with Crippen LogP contribution in [0.5, 0.6) is 0 Å². The number of aromatic nitrogens is 1. The van der Waals surface area contributed by atoms with Crippen LogP contribution in [0.1, 0.15) is 24.8 Å². The van der Waals surface area contributed by atoms with Gasteiger partial charge in [-0.2, -0.15) is 0 Å². The van der Waals surface area contributed by atoms with Gasteiger partial charge in [-0.3, -0.25) is 0 Å². The standard InChI is InChI=1S/C15H24N4O2S.HI/c1-19-6-4-12(10-19)8-16-15(18-14-2-3-14)17-9-13-5-7-22(20,21)11-13;/h4,6,10,13-14H,2-3,5,7-9,11H2,1H3,(H2,16,17,18);1H. The first-order chi connectivity index (χ1) is 10.5. The number of rotatable bonds is 5. The third-order valence-corrected chi connectivity index (χ3v) is 5.95. The van der Waals surface area contributed by atoms with Crippen LogP contribution in [0.3, 0.4) is 0 Å². The van der Waals surface area contributed by atoms with Crippen molar-refractivity contribution in [2.45, 2.75) is 31.8 Å². The van der Waals surface area contributed by atoms with E-state index in [-0.39, 0.29) is 29.9 Å². The molecule has 0 amide bonds. The third kappa shape index (κ3) is 5.98. The molecule has 1 saturated heterocycles. The Bertz CT molecular complexity index is 652. The third-order valence-electron chi connectivity index (χ3n) is 4.12. The summed E-state index contributed by atoms with van der Waals surface area (Å²) in [6, 6.07) is 2.58. The van der Waals surface area contributed by atoms with Crippen molar-refractivity contribution in [3.63, 3.8) is 0 Å². The van der Waals surface area contributed by atoms with Crippen LogP contribution >= 0.6 is 24.0 Å². The van der Waals surface area contributed by atoms with Gasteiger partial charge in [0.05, 0.1) is 18.1 Å². The highest BCUT2D eigenvalue weighted by atomic mass is 127. The molecular weight excluding hydrogens is 427 g/mol. The Morgan fingerprint density at radius 1 is 1.39 bits per heavy atom. The second-order valence-electron chi connectivity index (χ2n) is 6.42. The van der Waals surface area contributed by atoms with E-state index in [1.807, 2.05) is 17.8 Å². The van der Waals surface area contributed by atoms with Crippen LogP contribution in [0.15, 0.2) is 23.5 Å². The fourth-order valence-electron chi connectivity index (χ4n) is 2.67. The number of nitrogens with one attached hydrogen (secondary N) is 2. The molecule has 8 heteroatoms. The molecule has 2 aliphatic rings. The first-order valence-corrected chi connectivity index (χ1v) is 9.68. The smallest absolute Gasteiger partial charge is 0.191 e. The number of hydrogen-bond acceptors (Lipinski definition) is 3. The highest BCUT2D eigenvalue weighted by Crippen LogP contribution is 2.19. The fourth-order valence-corrected chi connectivity index (χ4v) is 4.53. The van der Waals surface area contributed by atoms with Crippen LogP contribution in [0.25, 0.3) is 0 Å². The highest BCUT2D eigenvalue weighted by Gasteiger charge is 2.28. The maximum absolute atomic E-state index is 11.5. The molecule has 1 aromatic rings. The molecule has 1 aliphatic carbocycles. The van der Waals surface area contributed by atoms with Crippen LogP contribution in [0.2, 0.25) is 0 Å². The zero-order chi connectivity index (χ0) is 15.6. The minimum atomic E-state index is -2.81. The van der Waals surface area contributed by atoms with Crippen molar-refractivity contribution in [1.29, 1.82) is 0 Å². The van der Waals surface area contributed by atoms with Gasteiger partial charge in [0.1, 0.15) is 0 Å². The Morgan fingerprint density at radius 3 is 2.74 bits per heavy atom. The second-order valence-corrected chi connectivity index (χ2v) is 8.65. The van der Waals surface area contributed by atoms with E-state index < -0.39 is 9.84 Å². The van der Waals surface area contributed by atoms with E-state index in [0.717, 1.165) is 12.4 Å². The van der Waals surface area contributed by atoms with E-state index in [9.17, 15) is 8.42 Å². The van der Waals surface area contributed by atoms with Crippen LogP contribution in [0.4, 0.5) is 0 Å². The molecule has 1 aromatic heterocycles. The van der Waals surface area contributed by atoms with Crippen LogP contribution in [0, 0.1) is 5.92 Å².